The molecular weight excluding hydrogens is 450 g/mol. The number of nitrogens with zero attached hydrogens (tertiary/aromatic N) is 4. The molecule has 1 saturated carbocycles. The highest BCUT2D eigenvalue weighted by molar-refractivity contribution is 5.97. The van der Waals surface area contributed by atoms with Gasteiger partial charge in [0.2, 0.25) is 0 Å². The van der Waals surface area contributed by atoms with Gasteiger partial charge in [-0.05, 0) is 50.1 Å². The van der Waals surface area contributed by atoms with E-state index in [9.17, 15) is 18.8 Å². The highest BCUT2D eigenvalue weighted by Gasteiger charge is 2.45. The fourth-order valence-electron chi connectivity index (χ4n) is 5.76. The summed E-state index contributed by atoms with van der Waals surface area (Å²) >= 11 is 0. The molecule has 1 aromatic heterocycles. The van der Waals surface area contributed by atoms with E-state index in [4.69, 9.17) is 9.72 Å². The van der Waals surface area contributed by atoms with E-state index in [-0.39, 0.29) is 35.1 Å². The van der Waals surface area contributed by atoms with Crippen LogP contribution in [0.3, 0.4) is 0 Å². The molecule has 1 amide bonds. The number of benzene rings is 2. The van der Waals surface area contributed by atoms with Crippen molar-refractivity contribution in [2.75, 3.05) is 7.05 Å². The van der Waals surface area contributed by atoms with Crippen molar-refractivity contribution in [1.29, 1.82) is 5.26 Å². The highest BCUT2D eigenvalue weighted by Crippen LogP contribution is 2.50. The second kappa shape index (κ2) is 7.55. The predicted molar refractivity (Wildman–Crippen MR) is 124 cm³/mol. The zero-order chi connectivity index (χ0) is 24.5. The number of hydrogen-bond acceptors (Lipinski definition) is 4. The maximum Gasteiger partial charge on any atom is 0.387 e. The van der Waals surface area contributed by atoms with Crippen LogP contribution in [0.25, 0.3) is 11.0 Å². The normalized spacial score (nSPS) is 26.3. The molecule has 3 heterocycles. The molecular formula is C27H22F2N4O2. The first-order valence-electron chi connectivity index (χ1n) is 11.6. The third-order valence-corrected chi connectivity index (χ3v) is 7.49. The first kappa shape index (κ1) is 21.6. The molecule has 176 valence electrons. The maximum absolute atomic E-state index is 13.2. The van der Waals surface area contributed by atoms with Crippen LogP contribution in [0.15, 0.2) is 36.4 Å². The van der Waals surface area contributed by atoms with Gasteiger partial charge in [0.15, 0.2) is 0 Å². The van der Waals surface area contributed by atoms with Crippen LogP contribution in [-0.2, 0) is 0 Å². The zero-order valence-corrected chi connectivity index (χ0v) is 19.3. The molecule has 1 fully saturated rings. The van der Waals surface area contributed by atoms with Gasteiger partial charge in [0.05, 0.1) is 34.6 Å². The molecule has 1 aliphatic carbocycles. The van der Waals surface area contributed by atoms with Crippen molar-refractivity contribution in [2.24, 2.45) is 11.3 Å². The molecule has 2 aromatic carbocycles. The summed E-state index contributed by atoms with van der Waals surface area (Å²) in [6.07, 6.45) is 2.07. The van der Waals surface area contributed by atoms with E-state index in [1.54, 1.807) is 24.1 Å². The second-order valence-corrected chi connectivity index (χ2v) is 9.87. The van der Waals surface area contributed by atoms with Crippen LogP contribution in [0.5, 0.6) is 5.75 Å². The van der Waals surface area contributed by atoms with Gasteiger partial charge in [0.1, 0.15) is 11.6 Å². The number of aromatic nitrogens is 2. The highest BCUT2D eigenvalue weighted by atomic mass is 19.3. The molecule has 35 heavy (non-hydrogen) atoms. The molecule has 8 heteroatoms. The van der Waals surface area contributed by atoms with Crippen molar-refractivity contribution in [3.05, 3.63) is 58.9 Å². The standard InChI is InChI=1S/C27H22F2N4O2/c1-27(14-30)12-16(13-27)7-6-15-8-9-18-19(10-15)33-20-11-21(24(33)31-18)32(2)25(34)17-4-3-5-22(23(17)20)35-26(28)29/h3-5,8-10,16,20-21,26H,11-13H2,1-2H3. The molecule has 3 aromatic rings. The number of nitriles is 1. The van der Waals surface area contributed by atoms with Gasteiger partial charge in [0, 0.05) is 36.1 Å². The molecule has 2 bridgehead atoms. The fourth-order valence-corrected chi connectivity index (χ4v) is 5.76. The molecule has 2 aliphatic heterocycles. The number of fused-ring (bicyclic) bond motifs is 9. The minimum absolute atomic E-state index is 0.0149. The van der Waals surface area contributed by atoms with Crippen molar-refractivity contribution in [1.82, 2.24) is 14.5 Å². The largest absolute Gasteiger partial charge is 0.434 e. The predicted octanol–water partition coefficient (Wildman–Crippen LogP) is 5.05. The van der Waals surface area contributed by atoms with E-state index in [2.05, 4.69) is 17.9 Å². The number of imidazole rings is 1. The Morgan fingerprint density at radius 1 is 1.23 bits per heavy atom. The quantitative estimate of drug-likeness (QED) is 0.490. The monoisotopic (exact) mass is 472 g/mol. The lowest BCUT2D eigenvalue weighted by Gasteiger charge is -2.36. The minimum atomic E-state index is -3.00. The summed E-state index contributed by atoms with van der Waals surface area (Å²) in [5.74, 6) is 7.23. The van der Waals surface area contributed by atoms with E-state index in [1.165, 1.54) is 6.07 Å². The van der Waals surface area contributed by atoms with Crippen molar-refractivity contribution in [2.45, 2.75) is 44.9 Å². The number of amides is 1. The molecule has 0 saturated heterocycles. The molecule has 6 rings (SSSR count). The van der Waals surface area contributed by atoms with Gasteiger partial charge in [0.25, 0.3) is 5.91 Å². The van der Waals surface area contributed by atoms with Crippen LogP contribution in [0.2, 0.25) is 0 Å². The number of carbonyl (C=O) groups is 1. The van der Waals surface area contributed by atoms with Gasteiger partial charge in [-0.1, -0.05) is 17.9 Å². The lowest BCUT2D eigenvalue weighted by Crippen LogP contribution is -2.32. The van der Waals surface area contributed by atoms with Gasteiger partial charge >= 0.3 is 6.61 Å². The molecule has 0 N–H and O–H groups in total. The molecule has 6 nitrogen and oxygen atoms in total. The fraction of sp³-hybridized carbons (Fsp3) is 0.370. The van der Waals surface area contributed by atoms with E-state index in [1.807, 2.05) is 29.7 Å². The molecule has 2 atom stereocenters. The van der Waals surface area contributed by atoms with Gasteiger partial charge in [-0.2, -0.15) is 14.0 Å². The van der Waals surface area contributed by atoms with Crippen molar-refractivity contribution >= 4 is 16.9 Å². The number of alkyl halides is 2. The second-order valence-electron chi connectivity index (χ2n) is 9.87. The summed E-state index contributed by atoms with van der Waals surface area (Å²) in [7, 11) is 1.72. The summed E-state index contributed by atoms with van der Waals surface area (Å²) in [6, 6.07) is 12.2. The topological polar surface area (TPSA) is 71.2 Å². The Hall–Kier alpha value is -3.91. The third kappa shape index (κ3) is 3.28. The lowest BCUT2D eigenvalue weighted by atomic mass is 9.64. The van der Waals surface area contributed by atoms with Crippen molar-refractivity contribution in [3.8, 4) is 23.7 Å². The average molecular weight is 472 g/mol. The number of ether oxygens (including phenoxy) is 1. The zero-order valence-electron chi connectivity index (χ0n) is 19.3. The van der Waals surface area contributed by atoms with Gasteiger partial charge in [-0.15, -0.1) is 0 Å². The van der Waals surface area contributed by atoms with E-state index in [0.717, 1.165) is 35.3 Å². The average Bonchev–Trinajstić information content (AvgIpc) is 3.33. The van der Waals surface area contributed by atoms with Crippen LogP contribution in [0.1, 0.15) is 65.6 Å². The Bertz CT molecular complexity index is 1490. The Balaban J connectivity index is 1.46. The summed E-state index contributed by atoms with van der Waals surface area (Å²) in [4.78, 5) is 19.7. The first-order chi connectivity index (χ1) is 16.8. The van der Waals surface area contributed by atoms with E-state index >= 15 is 0 Å². The molecule has 0 spiro atoms. The summed E-state index contributed by atoms with van der Waals surface area (Å²) in [5, 5.41) is 9.22. The lowest BCUT2D eigenvalue weighted by molar-refractivity contribution is -0.0507. The van der Waals surface area contributed by atoms with Crippen LogP contribution < -0.4 is 4.74 Å². The van der Waals surface area contributed by atoms with Gasteiger partial charge in [-0.25, -0.2) is 4.98 Å². The Morgan fingerprint density at radius 2 is 2.03 bits per heavy atom. The van der Waals surface area contributed by atoms with Gasteiger partial charge in [-0.3, -0.25) is 4.79 Å². The van der Waals surface area contributed by atoms with E-state index in [0.29, 0.717) is 17.5 Å². The summed E-state index contributed by atoms with van der Waals surface area (Å²) in [6.45, 7) is -1.04. The van der Waals surface area contributed by atoms with Crippen molar-refractivity contribution in [3.63, 3.8) is 0 Å². The van der Waals surface area contributed by atoms with Crippen LogP contribution in [0.4, 0.5) is 8.78 Å². The SMILES string of the molecule is CN1C(=O)c2cccc(OC(F)F)c2C2CC1c1nc3ccc(C#CC4CC(C)(C#N)C4)cc3n12. The number of halogens is 2. The number of rotatable bonds is 2. The first-order valence-corrected chi connectivity index (χ1v) is 11.6. The van der Waals surface area contributed by atoms with Crippen LogP contribution in [-0.4, -0.2) is 34.0 Å². The number of hydrogen-bond donors (Lipinski definition) is 0. The third-order valence-electron chi connectivity index (χ3n) is 7.49. The van der Waals surface area contributed by atoms with E-state index < -0.39 is 6.61 Å². The Labute approximate surface area is 201 Å². The smallest absolute Gasteiger partial charge is 0.387 e. The summed E-state index contributed by atoms with van der Waals surface area (Å²) < 4.78 is 33.4. The molecule has 0 radical (unpaired) electrons. The van der Waals surface area contributed by atoms with Gasteiger partial charge < -0.3 is 14.2 Å². The Kier molecular flexibility index (Phi) is 4.66. The minimum Gasteiger partial charge on any atom is -0.434 e. The van der Waals surface area contributed by atoms with Crippen molar-refractivity contribution < 1.29 is 18.3 Å². The molecule has 3 aliphatic rings. The molecule has 2 unspecified atom stereocenters. The maximum atomic E-state index is 13.2. The Morgan fingerprint density at radius 3 is 2.77 bits per heavy atom. The number of carbonyl (C=O) groups excluding carboxylic acids is 1. The van der Waals surface area contributed by atoms with Crippen LogP contribution >= 0.6 is 0 Å². The van der Waals surface area contributed by atoms with Crippen LogP contribution in [0, 0.1) is 34.5 Å². The summed E-state index contributed by atoms with van der Waals surface area (Å²) in [5.41, 5.74) is 2.99.